The number of benzene rings is 1. The third-order valence-electron chi connectivity index (χ3n) is 2.13. The molecular weight excluding hydrogens is 198 g/mol. The number of nitrogens with zero attached hydrogens (tertiary/aromatic N) is 1. The third kappa shape index (κ3) is 2.69. The van der Waals surface area contributed by atoms with Crippen molar-refractivity contribution >= 4 is 0 Å². The fraction of sp³-hybridized carbons (Fsp3) is 0.0714. The van der Waals surface area contributed by atoms with Crippen LogP contribution in [0.1, 0.15) is 17.2 Å². The number of rotatable bonds is 1. The Morgan fingerprint density at radius 2 is 1.88 bits per heavy atom. The number of hydrogen-bond donors (Lipinski definition) is 1. The van der Waals surface area contributed by atoms with E-state index in [-0.39, 0.29) is 0 Å². The minimum Gasteiger partial charge on any atom is -0.376 e. The molecule has 2 heteroatoms. The van der Waals surface area contributed by atoms with Crippen LogP contribution in [-0.4, -0.2) is 10.1 Å². The fourth-order valence-electron chi connectivity index (χ4n) is 1.31. The van der Waals surface area contributed by atoms with Gasteiger partial charge in [0.15, 0.2) is 0 Å². The smallest absolute Gasteiger partial charge is 0.140 e. The lowest BCUT2D eigenvalue weighted by Crippen LogP contribution is -1.92. The number of pyridine rings is 1. The van der Waals surface area contributed by atoms with Gasteiger partial charge >= 0.3 is 0 Å². The van der Waals surface area contributed by atoms with Gasteiger partial charge in [-0.2, -0.15) is 0 Å². The second-order valence-corrected chi connectivity index (χ2v) is 3.32. The zero-order valence-corrected chi connectivity index (χ0v) is 8.67. The summed E-state index contributed by atoms with van der Waals surface area (Å²) in [5.41, 5.74) is 1.61. The summed E-state index contributed by atoms with van der Waals surface area (Å²) in [6.07, 6.45) is 2.62. The van der Waals surface area contributed by atoms with E-state index in [1.807, 2.05) is 42.5 Å². The van der Waals surface area contributed by atoms with Crippen LogP contribution < -0.4 is 0 Å². The first-order valence-electron chi connectivity index (χ1n) is 5.01. The molecule has 1 atom stereocenters. The van der Waals surface area contributed by atoms with E-state index < -0.39 is 6.10 Å². The summed E-state index contributed by atoms with van der Waals surface area (Å²) in [5.74, 6) is 5.66. The Bertz CT molecular complexity index is 497. The van der Waals surface area contributed by atoms with Crippen LogP contribution in [0, 0.1) is 11.8 Å². The summed E-state index contributed by atoms with van der Waals surface area (Å²) in [6.45, 7) is 0. The Balaban J connectivity index is 2.15. The van der Waals surface area contributed by atoms with Crippen LogP contribution >= 0.6 is 0 Å². The number of aliphatic hydroxyl groups excluding tert-OH is 1. The lowest BCUT2D eigenvalue weighted by molar-refractivity contribution is 0.238. The van der Waals surface area contributed by atoms with Crippen LogP contribution in [0.25, 0.3) is 0 Å². The molecule has 1 N–H and O–H groups in total. The van der Waals surface area contributed by atoms with Crippen LogP contribution in [0.3, 0.4) is 0 Å². The maximum absolute atomic E-state index is 9.79. The maximum atomic E-state index is 9.79. The molecule has 2 rings (SSSR count). The highest BCUT2D eigenvalue weighted by Gasteiger charge is 2.00. The quantitative estimate of drug-likeness (QED) is 0.730. The van der Waals surface area contributed by atoms with Gasteiger partial charge in [0.25, 0.3) is 0 Å². The minimum absolute atomic E-state index is 0.749. The summed E-state index contributed by atoms with van der Waals surface area (Å²) in [6, 6.07) is 13.0. The highest BCUT2D eigenvalue weighted by atomic mass is 16.3. The molecule has 78 valence electrons. The van der Waals surface area contributed by atoms with Crippen molar-refractivity contribution in [3.63, 3.8) is 0 Å². The van der Waals surface area contributed by atoms with Crippen molar-refractivity contribution in [2.75, 3.05) is 0 Å². The van der Waals surface area contributed by atoms with Gasteiger partial charge in [-0.05, 0) is 17.7 Å². The predicted octanol–water partition coefficient (Wildman–Crippen LogP) is 2.17. The van der Waals surface area contributed by atoms with Gasteiger partial charge in [-0.1, -0.05) is 42.2 Å². The van der Waals surface area contributed by atoms with Crippen molar-refractivity contribution in [2.45, 2.75) is 6.10 Å². The fourth-order valence-corrected chi connectivity index (χ4v) is 1.31. The topological polar surface area (TPSA) is 33.1 Å². The van der Waals surface area contributed by atoms with E-state index in [0.717, 1.165) is 11.1 Å². The lowest BCUT2D eigenvalue weighted by Gasteiger charge is -2.01. The van der Waals surface area contributed by atoms with Crippen molar-refractivity contribution in [3.8, 4) is 11.8 Å². The molecule has 1 heterocycles. The Morgan fingerprint density at radius 3 is 2.56 bits per heavy atom. The van der Waals surface area contributed by atoms with Crippen molar-refractivity contribution < 1.29 is 5.11 Å². The van der Waals surface area contributed by atoms with Gasteiger partial charge in [-0.3, -0.25) is 4.98 Å². The second kappa shape index (κ2) is 5.11. The summed E-state index contributed by atoms with van der Waals surface area (Å²) in [7, 11) is 0. The molecule has 0 radical (unpaired) electrons. The van der Waals surface area contributed by atoms with E-state index >= 15 is 0 Å². The zero-order chi connectivity index (χ0) is 11.2. The van der Waals surface area contributed by atoms with Gasteiger partial charge in [0.1, 0.15) is 6.10 Å². The molecule has 0 aliphatic carbocycles. The Hall–Kier alpha value is -2.11. The van der Waals surface area contributed by atoms with Gasteiger partial charge < -0.3 is 5.11 Å². The molecule has 0 aliphatic heterocycles. The molecule has 0 saturated heterocycles. The molecule has 16 heavy (non-hydrogen) atoms. The SMILES string of the molecule is O[C@H](C#Cc1cccnc1)c1ccccc1. The molecule has 0 spiro atoms. The standard InChI is InChI=1S/C14H11NO/c16-14(13-6-2-1-3-7-13)9-8-12-5-4-10-15-11-12/h1-7,10-11,14,16H/t14-/m1/s1. The third-order valence-corrected chi connectivity index (χ3v) is 2.13. The molecule has 0 amide bonds. The van der Waals surface area contributed by atoms with Gasteiger partial charge in [0, 0.05) is 18.0 Å². The highest BCUT2D eigenvalue weighted by Crippen LogP contribution is 2.10. The average molecular weight is 209 g/mol. The van der Waals surface area contributed by atoms with Gasteiger partial charge in [-0.15, -0.1) is 0 Å². The zero-order valence-electron chi connectivity index (χ0n) is 8.67. The minimum atomic E-state index is -0.749. The monoisotopic (exact) mass is 209 g/mol. The predicted molar refractivity (Wildman–Crippen MR) is 62.5 cm³/mol. The summed E-state index contributed by atoms with van der Waals surface area (Å²) in [5, 5.41) is 9.79. The van der Waals surface area contributed by atoms with E-state index in [1.165, 1.54) is 0 Å². The molecule has 2 aromatic rings. The maximum Gasteiger partial charge on any atom is 0.140 e. The first kappa shape index (κ1) is 10.4. The van der Waals surface area contributed by atoms with Gasteiger partial charge in [0.05, 0.1) is 0 Å². The van der Waals surface area contributed by atoms with Gasteiger partial charge in [-0.25, -0.2) is 0 Å². The van der Waals surface area contributed by atoms with E-state index in [2.05, 4.69) is 16.8 Å². The normalized spacial score (nSPS) is 11.3. The highest BCUT2D eigenvalue weighted by molar-refractivity contribution is 5.34. The second-order valence-electron chi connectivity index (χ2n) is 3.32. The van der Waals surface area contributed by atoms with Crippen LogP contribution in [-0.2, 0) is 0 Å². The molecule has 1 aromatic carbocycles. The molecule has 0 bridgehead atoms. The first-order chi connectivity index (χ1) is 7.86. The van der Waals surface area contributed by atoms with Crippen molar-refractivity contribution in [1.82, 2.24) is 4.98 Å². The molecular formula is C14H11NO. The van der Waals surface area contributed by atoms with E-state index in [0.29, 0.717) is 0 Å². The molecule has 0 saturated carbocycles. The van der Waals surface area contributed by atoms with Crippen molar-refractivity contribution in [3.05, 3.63) is 66.0 Å². The van der Waals surface area contributed by atoms with E-state index in [9.17, 15) is 5.11 Å². The molecule has 0 aliphatic rings. The summed E-state index contributed by atoms with van der Waals surface area (Å²) in [4.78, 5) is 3.95. The van der Waals surface area contributed by atoms with Crippen molar-refractivity contribution in [2.24, 2.45) is 0 Å². The van der Waals surface area contributed by atoms with Crippen LogP contribution in [0.5, 0.6) is 0 Å². The number of aromatic nitrogens is 1. The van der Waals surface area contributed by atoms with Crippen LogP contribution in [0.15, 0.2) is 54.9 Å². The number of aliphatic hydroxyl groups is 1. The van der Waals surface area contributed by atoms with Crippen LogP contribution in [0.4, 0.5) is 0 Å². The van der Waals surface area contributed by atoms with E-state index in [4.69, 9.17) is 0 Å². The molecule has 1 aromatic heterocycles. The molecule has 0 fully saturated rings. The molecule has 2 nitrogen and oxygen atoms in total. The van der Waals surface area contributed by atoms with Gasteiger partial charge in [0.2, 0.25) is 0 Å². The Morgan fingerprint density at radius 1 is 1.06 bits per heavy atom. The molecule has 0 unspecified atom stereocenters. The van der Waals surface area contributed by atoms with E-state index in [1.54, 1.807) is 12.4 Å². The lowest BCUT2D eigenvalue weighted by atomic mass is 10.1. The summed E-state index contributed by atoms with van der Waals surface area (Å²) >= 11 is 0. The summed E-state index contributed by atoms with van der Waals surface area (Å²) < 4.78 is 0. The largest absolute Gasteiger partial charge is 0.376 e. The van der Waals surface area contributed by atoms with Crippen LogP contribution in [0.2, 0.25) is 0 Å². The van der Waals surface area contributed by atoms with Crippen molar-refractivity contribution in [1.29, 1.82) is 0 Å². The Kier molecular flexibility index (Phi) is 3.32. The average Bonchev–Trinajstić information content (AvgIpc) is 2.38. The first-order valence-corrected chi connectivity index (χ1v) is 5.01. The number of hydrogen-bond acceptors (Lipinski definition) is 2. The Labute approximate surface area is 94.6 Å².